The van der Waals surface area contributed by atoms with Crippen LogP contribution in [0.2, 0.25) is 0 Å². The van der Waals surface area contributed by atoms with Gasteiger partial charge in [0, 0.05) is 41.1 Å². The lowest BCUT2D eigenvalue weighted by Gasteiger charge is -2.29. The Morgan fingerprint density at radius 2 is 1.77 bits per heavy atom. The molecule has 35 heavy (non-hydrogen) atoms. The number of nitrogens with one attached hydrogen (secondary N) is 2. The van der Waals surface area contributed by atoms with E-state index in [0.29, 0.717) is 24.7 Å². The summed E-state index contributed by atoms with van der Waals surface area (Å²) in [5.74, 6) is 0.447. The minimum atomic E-state index is -4.30. The van der Waals surface area contributed by atoms with Crippen molar-refractivity contribution in [3.8, 4) is 0 Å². The van der Waals surface area contributed by atoms with Crippen molar-refractivity contribution in [1.29, 1.82) is 0 Å². The molecule has 0 spiro atoms. The fourth-order valence-corrected chi connectivity index (χ4v) is 4.51. The van der Waals surface area contributed by atoms with Crippen molar-refractivity contribution < 1.29 is 18.0 Å². The first-order valence-corrected chi connectivity index (χ1v) is 11.8. The number of carbonyl (C=O) groups is 1. The zero-order chi connectivity index (χ0) is 25.1. The molecule has 2 heterocycles. The number of carbonyl (C=O) groups excluding carboxylic acids is 1. The number of benzene rings is 2. The predicted octanol–water partition coefficient (Wildman–Crippen LogP) is 6.40. The second-order valence-electron chi connectivity index (χ2n) is 8.89. The monoisotopic (exact) mass is 501 g/mol. The van der Waals surface area contributed by atoms with Gasteiger partial charge in [-0.2, -0.15) is 13.2 Å². The number of rotatable bonds is 6. The maximum absolute atomic E-state index is 12.6. The number of halogens is 3. The van der Waals surface area contributed by atoms with Gasteiger partial charge in [0.2, 0.25) is 0 Å². The highest BCUT2D eigenvalue weighted by Crippen LogP contribution is 2.38. The fourth-order valence-electron chi connectivity index (χ4n) is 3.97. The summed E-state index contributed by atoms with van der Waals surface area (Å²) in [7, 11) is 0. The minimum Gasteiger partial charge on any atom is -0.357 e. The van der Waals surface area contributed by atoms with Gasteiger partial charge in [-0.3, -0.25) is 10.2 Å². The maximum Gasteiger partial charge on any atom is 0.446 e. The van der Waals surface area contributed by atoms with Crippen LogP contribution in [0.1, 0.15) is 19.4 Å². The van der Waals surface area contributed by atoms with Gasteiger partial charge in [0.25, 0.3) is 0 Å². The lowest BCUT2D eigenvalue weighted by molar-refractivity contribution is -0.0328. The third-order valence-electron chi connectivity index (χ3n) is 5.68. The summed E-state index contributed by atoms with van der Waals surface area (Å²) in [6.45, 7) is 6.25. The third-order valence-corrected chi connectivity index (χ3v) is 6.42. The van der Waals surface area contributed by atoms with Gasteiger partial charge in [-0.15, -0.1) is 0 Å². The second kappa shape index (κ2) is 10.2. The van der Waals surface area contributed by atoms with E-state index in [1.807, 2.05) is 30.3 Å². The lowest BCUT2D eigenvalue weighted by Crippen LogP contribution is -2.39. The number of aromatic nitrogens is 1. The molecule has 1 saturated heterocycles. The van der Waals surface area contributed by atoms with Crippen LogP contribution in [0.5, 0.6) is 0 Å². The summed E-state index contributed by atoms with van der Waals surface area (Å²) >= 11 is -0.109. The van der Waals surface area contributed by atoms with Gasteiger partial charge in [0.1, 0.15) is 5.82 Å². The van der Waals surface area contributed by atoms with Crippen LogP contribution in [0, 0.1) is 0 Å². The molecule has 2 aromatic carbocycles. The molecule has 2 amide bonds. The highest BCUT2D eigenvalue weighted by atomic mass is 32.2. The second-order valence-corrected chi connectivity index (χ2v) is 10.0. The van der Waals surface area contributed by atoms with Crippen molar-refractivity contribution in [3.63, 3.8) is 0 Å². The SMILES string of the molecule is CC1(C)CN(c2ccc(SC(F)(F)F)cc2)CN1Cc1ccnc(NC(=O)Nc2ccccc2)c1. The maximum atomic E-state index is 12.6. The number of hydrogen-bond donors (Lipinski definition) is 2. The fraction of sp³-hybridized carbons (Fsp3) is 0.280. The highest BCUT2D eigenvalue weighted by molar-refractivity contribution is 8.00. The summed E-state index contributed by atoms with van der Waals surface area (Å²) in [6.07, 6.45) is 1.66. The Morgan fingerprint density at radius 1 is 1.06 bits per heavy atom. The standard InChI is InChI=1S/C25H26F3N5OS/c1-24(2)16-32(20-8-10-21(11-9-20)35-25(26,27)28)17-33(24)15-18-12-13-29-22(14-18)31-23(34)30-19-6-4-3-5-7-19/h3-14H,15-17H2,1-2H3,(H2,29,30,31,34). The van der Waals surface area contributed by atoms with E-state index in [0.717, 1.165) is 17.8 Å². The number of para-hydroxylation sites is 1. The molecule has 10 heteroatoms. The average molecular weight is 502 g/mol. The smallest absolute Gasteiger partial charge is 0.357 e. The van der Waals surface area contributed by atoms with Crippen LogP contribution in [0.15, 0.2) is 77.8 Å². The van der Waals surface area contributed by atoms with Crippen LogP contribution in [0.3, 0.4) is 0 Å². The highest BCUT2D eigenvalue weighted by Gasteiger charge is 2.37. The number of alkyl halides is 3. The van der Waals surface area contributed by atoms with E-state index in [9.17, 15) is 18.0 Å². The van der Waals surface area contributed by atoms with Gasteiger partial charge >= 0.3 is 11.5 Å². The molecule has 184 valence electrons. The molecule has 0 atom stereocenters. The molecule has 0 radical (unpaired) electrons. The van der Waals surface area contributed by atoms with E-state index < -0.39 is 5.51 Å². The summed E-state index contributed by atoms with van der Waals surface area (Å²) in [5, 5.41) is 5.53. The van der Waals surface area contributed by atoms with E-state index in [-0.39, 0.29) is 28.2 Å². The van der Waals surface area contributed by atoms with E-state index in [4.69, 9.17) is 0 Å². The van der Waals surface area contributed by atoms with Crippen molar-refractivity contribution in [2.45, 2.75) is 36.3 Å². The number of amides is 2. The quantitative estimate of drug-likeness (QED) is 0.383. The first-order chi connectivity index (χ1) is 16.6. The molecular formula is C25H26F3N5OS. The zero-order valence-corrected chi connectivity index (χ0v) is 20.2. The first-order valence-electron chi connectivity index (χ1n) is 11.0. The van der Waals surface area contributed by atoms with Crippen molar-refractivity contribution >= 4 is 35.0 Å². The molecule has 1 aromatic heterocycles. The Hall–Kier alpha value is -3.24. The molecule has 1 aliphatic heterocycles. The number of urea groups is 1. The number of hydrogen-bond acceptors (Lipinski definition) is 5. The predicted molar refractivity (Wildman–Crippen MR) is 134 cm³/mol. The van der Waals surface area contributed by atoms with Crippen molar-refractivity contribution in [2.75, 3.05) is 28.7 Å². The Bertz CT molecular complexity index is 1160. The Morgan fingerprint density at radius 3 is 2.46 bits per heavy atom. The lowest BCUT2D eigenvalue weighted by atomic mass is 10.0. The molecule has 2 N–H and O–H groups in total. The Balaban J connectivity index is 1.38. The molecule has 0 saturated carbocycles. The van der Waals surface area contributed by atoms with E-state index in [2.05, 4.69) is 39.3 Å². The molecule has 1 aliphatic rings. The molecule has 4 rings (SSSR count). The van der Waals surface area contributed by atoms with Gasteiger partial charge < -0.3 is 10.2 Å². The zero-order valence-electron chi connectivity index (χ0n) is 19.3. The van der Waals surface area contributed by atoms with E-state index in [1.165, 1.54) is 12.1 Å². The number of thioether (sulfide) groups is 1. The van der Waals surface area contributed by atoms with Crippen LogP contribution in [-0.4, -0.2) is 40.2 Å². The molecule has 1 fully saturated rings. The Kier molecular flexibility index (Phi) is 7.23. The Labute approximate surface area is 206 Å². The molecule has 6 nitrogen and oxygen atoms in total. The van der Waals surface area contributed by atoms with Crippen LogP contribution in [-0.2, 0) is 6.54 Å². The topological polar surface area (TPSA) is 60.5 Å². The number of nitrogens with zero attached hydrogens (tertiary/aromatic N) is 3. The van der Waals surface area contributed by atoms with Crippen molar-refractivity contribution in [1.82, 2.24) is 9.88 Å². The van der Waals surface area contributed by atoms with Crippen LogP contribution >= 0.6 is 11.8 Å². The van der Waals surface area contributed by atoms with Gasteiger partial charge in [0.15, 0.2) is 0 Å². The largest absolute Gasteiger partial charge is 0.446 e. The van der Waals surface area contributed by atoms with Gasteiger partial charge in [-0.1, -0.05) is 18.2 Å². The average Bonchev–Trinajstić information content (AvgIpc) is 3.08. The molecule has 0 bridgehead atoms. The van der Waals surface area contributed by atoms with E-state index >= 15 is 0 Å². The number of anilines is 3. The van der Waals surface area contributed by atoms with Crippen LogP contribution < -0.4 is 15.5 Å². The molecular weight excluding hydrogens is 475 g/mol. The molecule has 0 aliphatic carbocycles. The normalized spacial score (nSPS) is 15.7. The first kappa shape index (κ1) is 24.9. The van der Waals surface area contributed by atoms with Crippen LogP contribution in [0.4, 0.5) is 35.2 Å². The van der Waals surface area contributed by atoms with E-state index in [1.54, 1.807) is 30.5 Å². The van der Waals surface area contributed by atoms with Gasteiger partial charge in [-0.25, -0.2) is 9.78 Å². The van der Waals surface area contributed by atoms with Gasteiger partial charge in [-0.05, 0) is 79.7 Å². The van der Waals surface area contributed by atoms with Crippen molar-refractivity contribution in [3.05, 3.63) is 78.5 Å². The molecule has 0 unspecified atom stereocenters. The minimum absolute atomic E-state index is 0.109. The summed E-state index contributed by atoms with van der Waals surface area (Å²) in [5.41, 5.74) is -1.91. The summed E-state index contributed by atoms with van der Waals surface area (Å²) in [6, 6.07) is 19.0. The van der Waals surface area contributed by atoms with Crippen LogP contribution in [0.25, 0.3) is 0 Å². The van der Waals surface area contributed by atoms with Gasteiger partial charge in [0.05, 0.1) is 6.67 Å². The number of pyridine rings is 1. The summed E-state index contributed by atoms with van der Waals surface area (Å²) < 4.78 is 37.8. The summed E-state index contributed by atoms with van der Waals surface area (Å²) in [4.78, 5) is 21.1. The molecule has 3 aromatic rings. The third kappa shape index (κ3) is 6.89. The van der Waals surface area contributed by atoms with Crippen molar-refractivity contribution in [2.24, 2.45) is 0 Å².